The van der Waals surface area contributed by atoms with Crippen LogP contribution in [0.5, 0.6) is 5.75 Å². The van der Waals surface area contributed by atoms with Crippen molar-refractivity contribution in [1.82, 2.24) is 4.98 Å². The maximum absolute atomic E-state index is 11.7. The Kier molecular flexibility index (Phi) is 3.76. The molecule has 1 heterocycles. The van der Waals surface area contributed by atoms with Crippen molar-refractivity contribution in [2.24, 2.45) is 0 Å². The lowest BCUT2D eigenvalue weighted by atomic mass is 10.3. The number of anilines is 2. The monoisotopic (exact) mass is 243 g/mol. The van der Waals surface area contributed by atoms with E-state index in [2.05, 4.69) is 15.6 Å². The third-order valence-corrected chi connectivity index (χ3v) is 2.23. The van der Waals surface area contributed by atoms with E-state index in [-0.39, 0.29) is 6.03 Å². The molecule has 18 heavy (non-hydrogen) atoms. The van der Waals surface area contributed by atoms with Crippen LogP contribution in [0.4, 0.5) is 16.3 Å². The molecule has 0 radical (unpaired) electrons. The van der Waals surface area contributed by atoms with Crippen molar-refractivity contribution in [2.45, 2.75) is 0 Å². The Bertz CT molecular complexity index is 529. The molecule has 0 spiro atoms. The molecule has 5 nitrogen and oxygen atoms in total. The molecule has 2 amide bonds. The molecule has 0 fully saturated rings. The Morgan fingerprint density at radius 1 is 1.17 bits per heavy atom. The van der Waals surface area contributed by atoms with Gasteiger partial charge < -0.3 is 10.1 Å². The lowest BCUT2D eigenvalue weighted by Crippen LogP contribution is -2.19. The molecule has 0 aliphatic heterocycles. The Labute approximate surface area is 105 Å². The molecule has 1 aromatic heterocycles. The van der Waals surface area contributed by atoms with E-state index in [0.717, 1.165) is 0 Å². The average Bonchev–Trinajstić information content (AvgIpc) is 2.40. The molecule has 2 N–H and O–H groups in total. The summed E-state index contributed by atoms with van der Waals surface area (Å²) in [6.07, 6.45) is 1.61. The number of carbonyl (C=O) groups is 1. The minimum absolute atomic E-state index is 0.345. The van der Waals surface area contributed by atoms with Gasteiger partial charge in [-0.1, -0.05) is 12.1 Å². The molecule has 1 aromatic carbocycles. The number of ether oxygens (including phenoxy) is 1. The van der Waals surface area contributed by atoms with Gasteiger partial charge in [-0.2, -0.15) is 0 Å². The second-order valence-corrected chi connectivity index (χ2v) is 3.53. The number of aromatic nitrogens is 1. The second-order valence-electron chi connectivity index (χ2n) is 3.53. The van der Waals surface area contributed by atoms with Crippen LogP contribution in [0, 0.1) is 0 Å². The van der Waals surface area contributed by atoms with Crippen molar-refractivity contribution in [2.75, 3.05) is 17.7 Å². The van der Waals surface area contributed by atoms with Crippen molar-refractivity contribution in [3.63, 3.8) is 0 Å². The van der Waals surface area contributed by atoms with Gasteiger partial charge in [0, 0.05) is 18.0 Å². The first-order valence-corrected chi connectivity index (χ1v) is 5.41. The molecule has 0 unspecified atom stereocenters. The van der Waals surface area contributed by atoms with Crippen LogP contribution in [0.15, 0.2) is 48.7 Å². The quantitative estimate of drug-likeness (QED) is 0.871. The van der Waals surface area contributed by atoms with E-state index in [9.17, 15) is 4.79 Å². The first kappa shape index (κ1) is 11.9. The van der Waals surface area contributed by atoms with Crippen molar-refractivity contribution in [3.05, 3.63) is 48.7 Å². The second kappa shape index (κ2) is 5.67. The first-order valence-electron chi connectivity index (χ1n) is 5.41. The van der Waals surface area contributed by atoms with Gasteiger partial charge in [0.25, 0.3) is 0 Å². The van der Waals surface area contributed by atoms with E-state index in [1.165, 1.54) is 0 Å². The number of methoxy groups -OCH3 is 1. The standard InChI is InChI=1S/C13H13N3O2/c1-18-11-6-4-5-10(9-11)15-13(17)16-12-7-2-3-8-14-12/h2-9H,1H3,(H2,14,15,16,17). The van der Waals surface area contributed by atoms with Gasteiger partial charge >= 0.3 is 6.03 Å². The van der Waals surface area contributed by atoms with Gasteiger partial charge in [-0.3, -0.25) is 5.32 Å². The van der Waals surface area contributed by atoms with E-state index in [1.54, 1.807) is 49.7 Å². The summed E-state index contributed by atoms with van der Waals surface area (Å²) in [6.45, 7) is 0. The highest BCUT2D eigenvalue weighted by Crippen LogP contribution is 2.16. The highest BCUT2D eigenvalue weighted by atomic mass is 16.5. The number of urea groups is 1. The highest BCUT2D eigenvalue weighted by molar-refractivity contribution is 5.99. The molecule has 0 aliphatic carbocycles. The highest BCUT2D eigenvalue weighted by Gasteiger charge is 2.03. The molecule has 0 aliphatic rings. The number of carbonyl (C=O) groups excluding carboxylic acids is 1. The summed E-state index contributed by atoms with van der Waals surface area (Å²) >= 11 is 0. The van der Waals surface area contributed by atoms with E-state index < -0.39 is 0 Å². The van der Waals surface area contributed by atoms with Crippen molar-refractivity contribution < 1.29 is 9.53 Å². The minimum Gasteiger partial charge on any atom is -0.497 e. The summed E-state index contributed by atoms with van der Waals surface area (Å²) in [7, 11) is 1.58. The van der Waals surface area contributed by atoms with Gasteiger partial charge in [-0.25, -0.2) is 9.78 Å². The normalized spacial score (nSPS) is 9.61. The molecule has 0 atom stereocenters. The van der Waals surface area contributed by atoms with Crippen LogP contribution < -0.4 is 15.4 Å². The molecule has 2 rings (SSSR count). The number of benzene rings is 1. The SMILES string of the molecule is COc1cccc(NC(=O)Nc2ccccn2)c1. The molecule has 0 saturated heterocycles. The van der Waals surface area contributed by atoms with Crippen LogP contribution in [-0.2, 0) is 0 Å². The third-order valence-electron chi connectivity index (χ3n) is 2.23. The van der Waals surface area contributed by atoms with Crippen LogP contribution >= 0.6 is 0 Å². The average molecular weight is 243 g/mol. The molecular weight excluding hydrogens is 230 g/mol. The number of hydrogen-bond donors (Lipinski definition) is 2. The van der Waals surface area contributed by atoms with Crippen molar-refractivity contribution >= 4 is 17.5 Å². The van der Waals surface area contributed by atoms with Gasteiger partial charge in [-0.15, -0.1) is 0 Å². The zero-order valence-electron chi connectivity index (χ0n) is 9.88. The van der Waals surface area contributed by atoms with Crippen molar-refractivity contribution in [1.29, 1.82) is 0 Å². The zero-order chi connectivity index (χ0) is 12.8. The Hall–Kier alpha value is -2.56. The fraction of sp³-hybridized carbons (Fsp3) is 0.0769. The number of pyridine rings is 1. The summed E-state index contributed by atoms with van der Waals surface area (Å²) in [5, 5.41) is 5.32. The summed E-state index contributed by atoms with van der Waals surface area (Å²) in [6, 6.07) is 12.1. The van der Waals surface area contributed by atoms with E-state index >= 15 is 0 Å². The minimum atomic E-state index is -0.345. The van der Waals surface area contributed by atoms with Crippen LogP contribution in [0.2, 0.25) is 0 Å². The Morgan fingerprint density at radius 2 is 2.06 bits per heavy atom. The van der Waals surface area contributed by atoms with Gasteiger partial charge in [0.1, 0.15) is 11.6 Å². The van der Waals surface area contributed by atoms with E-state index in [0.29, 0.717) is 17.3 Å². The lowest BCUT2D eigenvalue weighted by Gasteiger charge is -2.07. The molecule has 2 aromatic rings. The number of amides is 2. The molecule has 5 heteroatoms. The molecular formula is C13H13N3O2. The summed E-state index contributed by atoms with van der Waals surface area (Å²) in [5.41, 5.74) is 0.655. The van der Waals surface area contributed by atoms with Crippen molar-refractivity contribution in [3.8, 4) is 5.75 Å². The predicted molar refractivity (Wildman–Crippen MR) is 69.9 cm³/mol. The van der Waals surface area contributed by atoms with Crippen LogP contribution in [0.1, 0.15) is 0 Å². The van der Waals surface area contributed by atoms with E-state index in [4.69, 9.17) is 4.74 Å². The molecule has 0 saturated carbocycles. The fourth-order valence-corrected chi connectivity index (χ4v) is 1.42. The van der Waals surface area contributed by atoms with Crippen LogP contribution in [0.3, 0.4) is 0 Å². The topological polar surface area (TPSA) is 63.2 Å². The van der Waals surface area contributed by atoms with Gasteiger partial charge in [0.2, 0.25) is 0 Å². The van der Waals surface area contributed by atoms with Gasteiger partial charge in [0.15, 0.2) is 0 Å². The Balaban J connectivity index is 1.99. The smallest absolute Gasteiger partial charge is 0.324 e. The molecule has 0 bridgehead atoms. The number of hydrogen-bond acceptors (Lipinski definition) is 3. The summed E-state index contributed by atoms with van der Waals surface area (Å²) in [4.78, 5) is 15.7. The number of rotatable bonds is 3. The first-order chi connectivity index (χ1) is 8.78. The molecule has 92 valence electrons. The summed E-state index contributed by atoms with van der Waals surface area (Å²) in [5.74, 6) is 1.18. The number of nitrogens with zero attached hydrogens (tertiary/aromatic N) is 1. The van der Waals surface area contributed by atoms with Crippen LogP contribution in [-0.4, -0.2) is 18.1 Å². The summed E-state index contributed by atoms with van der Waals surface area (Å²) < 4.78 is 5.07. The van der Waals surface area contributed by atoms with Gasteiger partial charge in [0.05, 0.1) is 7.11 Å². The Morgan fingerprint density at radius 3 is 2.78 bits per heavy atom. The predicted octanol–water partition coefficient (Wildman–Crippen LogP) is 2.73. The van der Waals surface area contributed by atoms with Crippen LogP contribution in [0.25, 0.3) is 0 Å². The largest absolute Gasteiger partial charge is 0.497 e. The maximum atomic E-state index is 11.7. The fourth-order valence-electron chi connectivity index (χ4n) is 1.42. The van der Waals surface area contributed by atoms with E-state index in [1.807, 2.05) is 6.07 Å². The zero-order valence-corrected chi connectivity index (χ0v) is 9.88. The lowest BCUT2D eigenvalue weighted by molar-refractivity contribution is 0.262. The maximum Gasteiger partial charge on any atom is 0.324 e. The third kappa shape index (κ3) is 3.21. The van der Waals surface area contributed by atoms with Gasteiger partial charge in [-0.05, 0) is 24.3 Å². The number of nitrogens with one attached hydrogen (secondary N) is 2.